The van der Waals surface area contributed by atoms with E-state index in [0.29, 0.717) is 6.61 Å². The SMILES string of the molecule is CC(C)(C)COc1ccc(-n2cc(C(=O)O)c(C(F)(F)F)n2)cc1C#N. The van der Waals surface area contributed by atoms with Gasteiger partial charge in [-0.1, -0.05) is 20.8 Å². The van der Waals surface area contributed by atoms with Crippen LogP contribution in [0.5, 0.6) is 5.75 Å². The Bertz CT molecular complexity index is 874. The van der Waals surface area contributed by atoms with Crippen LogP contribution in [0.3, 0.4) is 0 Å². The van der Waals surface area contributed by atoms with E-state index in [1.807, 2.05) is 26.8 Å². The number of ether oxygens (including phenoxy) is 1. The predicted octanol–water partition coefficient (Wildman–Crippen LogP) is 3.89. The number of rotatable bonds is 4. The number of hydrogen-bond acceptors (Lipinski definition) is 4. The van der Waals surface area contributed by atoms with Crippen molar-refractivity contribution >= 4 is 5.97 Å². The van der Waals surface area contributed by atoms with Crippen molar-refractivity contribution in [3.8, 4) is 17.5 Å². The molecule has 0 bridgehead atoms. The molecule has 138 valence electrons. The fourth-order valence-electron chi connectivity index (χ4n) is 2.04. The van der Waals surface area contributed by atoms with Gasteiger partial charge in [0, 0.05) is 6.20 Å². The molecule has 0 spiro atoms. The number of alkyl halides is 3. The molecular weight excluding hydrogens is 351 g/mol. The Hall–Kier alpha value is -3.02. The van der Waals surface area contributed by atoms with E-state index in [4.69, 9.17) is 9.84 Å². The number of halogens is 3. The first kappa shape index (κ1) is 19.3. The molecule has 0 unspecified atom stereocenters. The van der Waals surface area contributed by atoms with Gasteiger partial charge in [0.15, 0.2) is 5.69 Å². The third-order valence-corrected chi connectivity index (χ3v) is 3.22. The molecule has 6 nitrogen and oxygen atoms in total. The van der Waals surface area contributed by atoms with Crippen LogP contribution < -0.4 is 4.74 Å². The van der Waals surface area contributed by atoms with Gasteiger partial charge in [-0.15, -0.1) is 0 Å². The van der Waals surface area contributed by atoms with Gasteiger partial charge in [0.25, 0.3) is 0 Å². The Morgan fingerprint density at radius 3 is 2.46 bits per heavy atom. The summed E-state index contributed by atoms with van der Waals surface area (Å²) >= 11 is 0. The molecule has 0 fully saturated rings. The summed E-state index contributed by atoms with van der Waals surface area (Å²) < 4.78 is 45.2. The van der Waals surface area contributed by atoms with E-state index < -0.39 is 23.4 Å². The average molecular weight is 367 g/mol. The molecule has 1 aromatic heterocycles. The molecule has 0 aliphatic carbocycles. The molecule has 0 saturated heterocycles. The van der Waals surface area contributed by atoms with Gasteiger partial charge < -0.3 is 9.84 Å². The quantitative estimate of drug-likeness (QED) is 0.886. The van der Waals surface area contributed by atoms with Crippen LogP contribution in [0.4, 0.5) is 13.2 Å². The standard InChI is InChI=1S/C17H16F3N3O3/c1-16(2,3)9-26-13-5-4-11(6-10(13)7-21)23-8-12(15(24)25)14(22-23)17(18,19)20/h4-6,8H,9H2,1-3H3,(H,24,25). The molecule has 0 saturated carbocycles. The average Bonchev–Trinajstić information content (AvgIpc) is 2.97. The van der Waals surface area contributed by atoms with Crippen molar-refractivity contribution in [3.05, 3.63) is 41.2 Å². The largest absolute Gasteiger partial charge is 0.492 e. The van der Waals surface area contributed by atoms with Crippen molar-refractivity contribution in [2.45, 2.75) is 26.9 Å². The Morgan fingerprint density at radius 1 is 1.35 bits per heavy atom. The van der Waals surface area contributed by atoms with Crippen LogP contribution in [0.25, 0.3) is 5.69 Å². The molecule has 0 radical (unpaired) electrons. The van der Waals surface area contributed by atoms with E-state index in [-0.39, 0.29) is 22.4 Å². The minimum absolute atomic E-state index is 0.104. The number of benzene rings is 1. The smallest absolute Gasteiger partial charge is 0.436 e. The molecule has 1 aromatic carbocycles. The number of hydrogen-bond donors (Lipinski definition) is 1. The van der Waals surface area contributed by atoms with Crippen LogP contribution in [0.1, 0.15) is 42.4 Å². The summed E-state index contributed by atoms with van der Waals surface area (Å²) in [5.41, 5.74) is -2.40. The van der Waals surface area contributed by atoms with Crippen molar-refractivity contribution in [3.63, 3.8) is 0 Å². The second-order valence-corrected chi connectivity index (χ2v) is 6.78. The van der Waals surface area contributed by atoms with Crippen LogP contribution in [0, 0.1) is 16.7 Å². The topological polar surface area (TPSA) is 88.1 Å². The lowest BCUT2D eigenvalue weighted by Gasteiger charge is -2.19. The van der Waals surface area contributed by atoms with Gasteiger partial charge in [-0.3, -0.25) is 0 Å². The Balaban J connectivity index is 2.44. The number of carboxylic acids is 1. The van der Waals surface area contributed by atoms with E-state index in [9.17, 15) is 23.2 Å². The van der Waals surface area contributed by atoms with Crippen molar-refractivity contribution in [1.29, 1.82) is 5.26 Å². The van der Waals surface area contributed by atoms with Crippen LogP contribution in [-0.4, -0.2) is 27.5 Å². The van der Waals surface area contributed by atoms with Gasteiger partial charge in [-0.05, 0) is 23.6 Å². The third-order valence-electron chi connectivity index (χ3n) is 3.22. The van der Waals surface area contributed by atoms with Crippen molar-refractivity contribution in [2.75, 3.05) is 6.61 Å². The maximum atomic E-state index is 12.9. The normalized spacial score (nSPS) is 11.9. The Kier molecular flexibility index (Phi) is 4.98. The van der Waals surface area contributed by atoms with E-state index in [2.05, 4.69) is 5.10 Å². The van der Waals surface area contributed by atoms with Crippen molar-refractivity contribution in [1.82, 2.24) is 9.78 Å². The summed E-state index contributed by atoms with van der Waals surface area (Å²) in [6.45, 7) is 6.18. The Morgan fingerprint density at radius 2 is 2.00 bits per heavy atom. The summed E-state index contributed by atoms with van der Waals surface area (Å²) in [6.07, 6.45) is -4.15. The molecule has 1 N–H and O–H groups in total. The molecular formula is C17H16F3N3O3. The number of aromatic carboxylic acids is 1. The zero-order valence-electron chi connectivity index (χ0n) is 14.3. The van der Waals surface area contributed by atoms with Crippen LogP contribution in [0.2, 0.25) is 0 Å². The first-order chi connectivity index (χ1) is 11.9. The fraction of sp³-hybridized carbons (Fsp3) is 0.353. The van der Waals surface area contributed by atoms with Gasteiger partial charge in [0.2, 0.25) is 0 Å². The lowest BCUT2D eigenvalue weighted by atomic mass is 9.98. The number of carbonyl (C=O) groups is 1. The lowest BCUT2D eigenvalue weighted by molar-refractivity contribution is -0.141. The summed E-state index contributed by atoms with van der Waals surface area (Å²) in [4.78, 5) is 11.0. The zero-order chi connectivity index (χ0) is 19.7. The highest BCUT2D eigenvalue weighted by molar-refractivity contribution is 5.89. The van der Waals surface area contributed by atoms with Gasteiger partial charge in [0.05, 0.1) is 17.9 Å². The van der Waals surface area contributed by atoms with Gasteiger partial charge in [-0.25, -0.2) is 9.48 Å². The number of aromatic nitrogens is 2. The monoisotopic (exact) mass is 367 g/mol. The minimum Gasteiger partial charge on any atom is -0.492 e. The van der Waals surface area contributed by atoms with Gasteiger partial charge in [0.1, 0.15) is 17.4 Å². The van der Waals surface area contributed by atoms with Gasteiger partial charge >= 0.3 is 12.1 Å². The molecule has 1 heterocycles. The zero-order valence-corrected chi connectivity index (χ0v) is 14.3. The minimum atomic E-state index is -4.91. The van der Waals surface area contributed by atoms with E-state index in [1.165, 1.54) is 18.2 Å². The highest BCUT2D eigenvalue weighted by Crippen LogP contribution is 2.32. The summed E-state index contributed by atoms with van der Waals surface area (Å²) in [7, 11) is 0. The van der Waals surface area contributed by atoms with Crippen LogP contribution in [-0.2, 0) is 6.18 Å². The second-order valence-electron chi connectivity index (χ2n) is 6.78. The molecule has 2 rings (SSSR count). The van der Waals surface area contributed by atoms with Gasteiger partial charge in [-0.2, -0.15) is 23.5 Å². The third kappa shape index (κ3) is 4.33. The van der Waals surface area contributed by atoms with E-state index in [1.54, 1.807) is 0 Å². The summed E-state index contributed by atoms with van der Waals surface area (Å²) in [6, 6.07) is 6.04. The highest BCUT2D eigenvalue weighted by atomic mass is 19.4. The molecule has 9 heteroatoms. The number of nitrogens with zero attached hydrogens (tertiary/aromatic N) is 3. The Labute approximate surface area is 147 Å². The summed E-state index contributed by atoms with van der Waals surface area (Å²) in [5.74, 6) is -1.46. The predicted molar refractivity (Wildman–Crippen MR) is 85.2 cm³/mol. The second kappa shape index (κ2) is 6.71. The lowest BCUT2D eigenvalue weighted by Crippen LogP contribution is -2.17. The molecule has 0 aliphatic rings. The maximum Gasteiger partial charge on any atom is 0.436 e. The number of nitriles is 1. The summed E-state index contributed by atoms with van der Waals surface area (Å²) in [5, 5.41) is 21.5. The van der Waals surface area contributed by atoms with E-state index >= 15 is 0 Å². The van der Waals surface area contributed by atoms with E-state index in [0.717, 1.165) is 10.9 Å². The first-order valence-electron chi connectivity index (χ1n) is 7.50. The molecule has 26 heavy (non-hydrogen) atoms. The van der Waals surface area contributed by atoms with Crippen molar-refractivity contribution < 1.29 is 27.8 Å². The fourth-order valence-corrected chi connectivity index (χ4v) is 2.04. The molecule has 0 amide bonds. The molecule has 2 aromatic rings. The highest BCUT2D eigenvalue weighted by Gasteiger charge is 2.39. The van der Waals surface area contributed by atoms with Crippen molar-refractivity contribution in [2.24, 2.45) is 5.41 Å². The molecule has 0 atom stereocenters. The van der Waals surface area contributed by atoms with Crippen LogP contribution in [0.15, 0.2) is 24.4 Å². The van der Waals surface area contributed by atoms with Crippen LogP contribution >= 0.6 is 0 Å². The maximum absolute atomic E-state index is 12.9. The first-order valence-corrected chi connectivity index (χ1v) is 7.50. The molecule has 0 aliphatic heterocycles. The number of carboxylic acid groups (broad SMARTS) is 1.